The van der Waals surface area contributed by atoms with E-state index in [9.17, 15) is 4.79 Å². The van der Waals surface area contributed by atoms with E-state index in [-0.39, 0.29) is 0 Å². The molecule has 0 amide bonds. The third-order valence-corrected chi connectivity index (χ3v) is 4.79. The van der Waals surface area contributed by atoms with E-state index < -0.39 is 12.1 Å². The Balaban J connectivity index is 1.93. The molecule has 1 aliphatic heterocycles. The van der Waals surface area contributed by atoms with Crippen molar-refractivity contribution in [2.75, 3.05) is 26.2 Å². The Hall–Kier alpha value is -0.870. The van der Waals surface area contributed by atoms with Crippen molar-refractivity contribution in [1.29, 1.82) is 0 Å². The van der Waals surface area contributed by atoms with E-state index in [2.05, 4.69) is 25.7 Å². The highest BCUT2D eigenvalue weighted by Crippen LogP contribution is 2.41. The highest BCUT2D eigenvalue weighted by molar-refractivity contribution is 5.72. The molecule has 1 aliphatic carbocycles. The van der Waals surface area contributed by atoms with Crippen LogP contribution in [-0.2, 0) is 9.53 Å². The molecule has 0 spiro atoms. The molecule has 1 atom stereocenters. The quantitative estimate of drug-likeness (QED) is 0.805. The van der Waals surface area contributed by atoms with E-state index in [4.69, 9.17) is 9.84 Å². The van der Waals surface area contributed by atoms with Gasteiger partial charge >= 0.3 is 5.97 Å². The van der Waals surface area contributed by atoms with Crippen LogP contribution in [0.4, 0.5) is 0 Å². The maximum atomic E-state index is 11.0. The van der Waals surface area contributed by atoms with E-state index in [0.29, 0.717) is 18.6 Å². The number of carbonyl (C=O) groups is 1. The van der Waals surface area contributed by atoms with Gasteiger partial charge in [0, 0.05) is 19.6 Å². The first kappa shape index (κ1) is 15.5. The van der Waals surface area contributed by atoms with Gasteiger partial charge in [-0.25, -0.2) is 4.79 Å². The summed E-state index contributed by atoms with van der Waals surface area (Å²) in [7, 11) is 0. The van der Waals surface area contributed by atoms with Crippen molar-refractivity contribution >= 4 is 5.97 Å². The van der Waals surface area contributed by atoms with Crippen LogP contribution in [-0.4, -0.2) is 48.3 Å². The third-order valence-electron chi connectivity index (χ3n) is 4.79. The van der Waals surface area contributed by atoms with Crippen LogP contribution >= 0.6 is 0 Å². The number of rotatable bonds is 4. The molecule has 4 heteroatoms. The van der Waals surface area contributed by atoms with Gasteiger partial charge in [-0.3, -0.25) is 4.90 Å². The molecule has 4 nitrogen and oxygen atoms in total. The molecule has 0 aromatic carbocycles. The second-order valence-electron chi connectivity index (χ2n) is 6.74. The summed E-state index contributed by atoms with van der Waals surface area (Å²) in [5.41, 5.74) is 3.44. The summed E-state index contributed by atoms with van der Waals surface area (Å²) in [4.78, 5) is 13.2. The number of carboxylic acid groups (broad SMARTS) is 1. The van der Waals surface area contributed by atoms with Crippen molar-refractivity contribution in [2.45, 2.75) is 52.6 Å². The fourth-order valence-corrected chi connectivity index (χ4v) is 3.55. The van der Waals surface area contributed by atoms with Crippen molar-refractivity contribution < 1.29 is 14.6 Å². The van der Waals surface area contributed by atoms with Crippen LogP contribution in [0.2, 0.25) is 0 Å². The van der Waals surface area contributed by atoms with Gasteiger partial charge in [0.25, 0.3) is 0 Å². The van der Waals surface area contributed by atoms with Gasteiger partial charge in [0.2, 0.25) is 0 Å². The number of nitrogens with zero attached hydrogens (tertiary/aromatic N) is 1. The van der Waals surface area contributed by atoms with Crippen LogP contribution in [0.5, 0.6) is 0 Å². The predicted molar refractivity (Wildman–Crippen MR) is 78.8 cm³/mol. The summed E-state index contributed by atoms with van der Waals surface area (Å²) in [6, 6.07) is 0. The summed E-state index contributed by atoms with van der Waals surface area (Å²) >= 11 is 0. The maximum absolute atomic E-state index is 11.0. The lowest BCUT2D eigenvalue weighted by atomic mass is 9.71. The van der Waals surface area contributed by atoms with Crippen LogP contribution < -0.4 is 0 Å². The van der Waals surface area contributed by atoms with Crippen molar-refractivity contribution in [3.8, 4) is 0 Å². The standard InChI is InChI=1S/C16H27NO3/c1-12-5-4-7-16(2,3)13(12)6-8-17-9-10-20-14(11-17)15(18)19/h14H,4-11H2,1-3H3,(H,18,19)/t14-/m1/s1. The molecule has 1 saturated heterocycles. The van der Waals surface area contributed by atoms with E-state index in [1.54, 1.807) is 11.1 Å². The summed E-state index contributed by atoms with van der Waals surface area (Å²) < 4.78 is 5.27. The van der Waals surface area contributed by atoms with E-state index in [0.717, 1.165) is 19.5 Å². The molecule has 114 valence electrons. The average molecular weight is 281 g/mol. The lowest BCUT2D eigenvalue weighted by Gasteiger charge is -2.37. The Bertz CT molecular complexity index is 401. The number of ether oxygens (including phenoxy) is 1. The normalized spacial score (nSPS) is 27.6. The Morgan fingerprint density at radius 3 is 2.90 bits per heavy atom. The molecule has 2 aliphatic rings. The second-order valence-corrected chi connectivity index (χ2v) is 6.74. The molecule has 0 unspecified atom stereocenters. The molecule has 1 N–H and O–H groups in total. The molecule has 1 fully saturated rings. The molecular weight excluding hydrogens is 254 g/mol. The van der Waals surface area contributed by atoms with Gasteiger partial charge in [-0.05, 0) is 38.0 Å². The first-order valence-corrected chi connectivity index (χ1v) is 7.66. The smallest absolute Gasteiger partial charge is 0.334 e. The minimum Gasteiger partial charge on any atom is -0.479 e. The Labute approximate surface area is 121 Å². The van der Waals surface area contributed by atoms with Gasteiger partial charge < -0.3 is 9.84 Å². The van der Waals surface area contributed by atoms with Crippen LogP contribution in [0, 0.1) is 5.41 Å². The Morgan fingerprint density at radius 1 is 1.50 bits per heavy atom. The Kier molecular flexibility index (Phi) is 4.86. The molecule has 20 heavy (non-hydrogen) atoms. The molecular formula is C16H27NO3. The third kappa shape index (κ3) is 3.61. The second kappa shape index (κ2) is 6.27. The molecule has 0 bridgehead atoms. The van der Waals surface area contributed by atoms with Crippen LogP contribution in [0.25, 0.3) is 0 Å². The number of carboxylic acids is 1. The number of morpholine rings is 1. The van der Waals surface area contributed by atoms with Crippen molar-refractivity contribution in [2.24, 2.45) is 5.41 Å². The zero-order valence-electron chi connectivity index (χ0n) is 12.9. The minimum absolute atomic E-state index is 0.306. The van der Waals surface area contributed by atoms with Crippen LogP contribution in [0.15, 0.2) is 11.1 Å². The number of allylic oxidation sites excluding steroid dienone is 1. The number of hydrogen-bond acceptors (Lipinski definition) is 3. The fraction of sp³-hybridized carbons (Fsp3) is 0.812. The van der Waals surface area contributed by atoms with Crippen molar-refractivity contribution in [1.82, 2.24) is 4.90 Å². The molecule has 0 saturated carbocycles. The molecule has 1 heterocycles. The summed E-state index contributed by atoms with van der Waals surface area (Å²) in [5.74, 6) is -0.844. The van der Waals surface area contributed by atoms with E-state index >= 15 is 0 Å². The maximum Gasteiger partial charge on any atom is 0.334 e. The molecule has 0 radical (unpaired) electrons. The van der Waals surface area contributed by atoms with Gasteiger partial charge in [-0.15, -0.1) is 0 Å². The van der Waals surface area contributed by atoms with E-state index in [1.807, 2.05) is 0 Å². The van der Waals surface area contributed by atoms with Gasteiger partial charge in [-0.2, -0.15) is 0 Å². The van der Waals surface area contributed by atoms with Gasteiger partial charge in [0.05, 0.1) is 6.61 Å². The first-order chi connectivity index (χ1) is 9.40. The topological polar surface area (TPSA) is 49.8 Å². The van der Waals surface area contributed by atoms with E-state index in [1.165, 1.54) is 19.3 Å². The zero-order valence-corrected chi connectivity index (χ0v) is 12.9. The lowest BCUT2D eigenvalue weighted by Crippen LogP contribution is -2.46. The minimum atomic E-state index is -0.844. The summed E-state index contributed by atoms with van der Waals surface area (Å²) in [5, 5.41) is 9.04. The van der Waals surface area contributed by atoms with Gasteiger partial charge in [0.15, 0.2) is 6.10 Å². The largest absolute Gasteiger partial charge is 0.479 e. The zero-order chi connectivity index (χ0) is 14.8. The van der Waals surface area contributed by atoms with Gasteiger partial charge in [0.1, 0.15) is 0 Å². The van der Waals surface area contributed by atoms with Crippen LogP contribution in [0.1, 0.15) is 46.5 Å². The first-order valence-electron chi connectivity index (χ1n) is 7.66. The van der Waals surface area contributed by atoms with Crippen LogP contribution in [0.3, 0.4) is 0 Å². The van der Waals surface area contributed by atoms with Crippen molar-refractivity contribution in [3.63, 3.8) is 0 Å². The average Bonchev–Trinajstić information content (AvgIpc) is 2.37. The number of hydrogen-bond donors (Lipinski definition) is 1. The van der Waals surface area contributed by atoms with Crippen molar-refractivity contribution in [3.05, 3.63) is 11.1 Å². The monoisotopic (exact) mass is 281 g/mol. The fourth-order valence-electron chi connectivity index (χ4n) is 3.55. The summed E-state index contributed by atoms with van der Waals surface area (Å²) in [6.45, 7) is 9.77. The highest BCUT2D eigenvalue weighted by atomic mass is 16.5. The molecule has 0 aromatic heterocycles. The Morgan fingerprint density at radius 2 is 2.25 bits per heavy atom. The predicted octanol–water partition coefficient (Wildman–Crippen LogP) is 2.69. The SMILES string of the molecule is CC1=C(CCN2CCO[C@@H](C(=O)O)C2)C(C)(C)CCC1. The molecule has 2 rings (SSSR count). The highest BCUT2D eigenvalue weighted by Gasteiger charge is 2.30. The lowest BCUT2D eigenvalue weighted by molar-refractivity contribution is -0.156. The summed E-state index contributed by atoms with van der Waals surface area (Å²) in [6.07, 6.45) is 4.19. The molecule has 0 aromatic rings. The number of aliphatic carboxylic acids is 1. The van der Waals surface area contributed by atoms with Gasteiger partial charge in [-0.1, -0.05) is 25.0 Å².